The topological polar surface area (TPSA) is 30.5 Å². The Morgan fingerprint density at radius 1 is 1.15 bits per heavy atom. The summed E-state index contributed by atoms with van der Waals surface area (Å²) in [4.78, 5) is 0. The lowest BCUT2D eigenvalue weighted by Crippen LogP contribution is -2.33. The predicted molar refractivity (Wildman–Crippen MR) is 80.7 cm³/mol. The van der Waals surface area contributed by atoms with E-state index in [1.807, 2.05) is 0 Å². The lowest BCUT2D eigenvalue weighted by Gasteiger charge is -2.33. The van der Waals surface area contributed by atoms with Gasteiger partial charge in [0.2, 0.25) is 0 Å². The molecule has 0 radical (unpaired) electrons. The molecule has 0 aromatic heterocycles. The van der Waals surface area contributed by atoms with E-state index >= 15 is 0 Å². The monoisotopic (exact) mass is 275 g/mol. The van der Waals surface area contributed by atoms with Gasteiger partial charge in [0.05, 0.1) is 13.2 Å². The van der Waals surface area contributed by atoms with E-state index in [4.69, 9.17) is 9.47 Å². The predicted octanol–water partition coefficient (Wildman–Crippen LogP) is 3.64. The van der Waals surface area contributed by atoms with Crippen LogP contribution in [-0.2, 0) is 0 Å². The first-order chi connectivity index (χ1) is 9.65. The number of hydrogen-bond acceptors (Lipinski definition) is 3. The van der Waals surface area contributed by atoms with Crippen molar-refractivity contribution in [3.8, 4) is 11.5 Å². The summed E-state index contributed by atoms with van der Waals surface area (Å²) in [5.41, 5.74) is 2.83. The van der Waals surface area contributed by atoms with Crippen LogP contribution >= 0.6 is 0 Å². The lowest BCUT2D eigenvalue weighted by molar-refractivity contribution is 0.297. The zero-order valence-electron chi connectivity index (χ0n) is 12.7. The Hall–Kier alpha value is -1.22. The van der Waals surface area contributed by atoms with Gasteiger partial charge in [0.1, 0.15) is 0 Å². The van der Waals surface area contributed by atoms with Gasteiger partial charge in [-0.2, -0.15) is 0 Å². The van der Waals surface area contributed by atoms with E-state index in [2.05, 4.69) is 38.2 Å². The summed E-state index contributed by atoms with van der Waals surface area (Å²) in [6.07, 6.45) is 2.13. The first-order valence-electron chi connectivity index (χ1n) is 7.82. The van der Waals surface area contributed by atoms with E-state index in [1.54, 1.807) is 0 Å². The minimum absolute atomic E-state index is 0.443. The minimum Gasteiger partial charge on any atom is -0.490 e. The summed E-state index contributed by atoms with van der Waals surface area (Å²) in [5, 5.41) is 3.68. The van der Waals surface area contributed by atoms with Crippen LogP contribution in [0.1, 0.15) is 56.7 Å². The average Bonchev–Trinajstić information content (AvgIpc) is 2.64. The molecule has 0 spiro atoms. The van der Waals surface area contributed by atoms with Crippen molar-refractivity contribution in [1.29, 1.82) is 0 Å². The van der Waals surface area contributed by atoms with E-state index < -0.39 is 0 Å². The fourth-order valence-corrected chi connectivity index (χ4v) is 3.19. The largest absolute Gasteiger partial charge is 0.490 e. The summed E-state index contributed by atoms with van der Waals surface area (Å²) in [7, 11) is 0. The van der Waals surface area contributed by atoms with Crippen LogP contribution < -0.4 is 14.8 Å². The fourth-order valence-electron chi connectivity index (χ4n) is 3.19. The van der Waals surface area contributed by atoms with Crippen molar-refractivity contribution in [3.05, 3.63) is 23.3 Å². The second-order valence-corrected chi connectivity index (χ2v) is 6.47. The quantitative estimate of drug-likeness (QED) is 0.894. The molecule has 3 rings (SSSR count). The highest BCUT2D eigenvalue weighted by molar-refractivity contribution is 5.51. The zero-order valence-corrected chi connectivity index (χ0v) is 12.7. The second kappa shape index (κ2) is 5.65. The molecule has 0 bridgehead atoms. The molecule has 0 saturated carbocycles. The molecule has 0 aliphatic carbocycles. The van der Waals surface area contributed by atoms with E-state index in [9.17, 15) is 0 Å². The van der Waals surface area contributed by atoms with Gasteiger partial charge in [0, 0.05) is 19.0 Å². The molecule has 3 heteroatoms. The smallest absolute Gasteiger partial charge is 0.161 e. The summed E-state index contributed by atoms with van der Waals surface area (Å²) < 4.78 is 11.7. The van der Waals surface area contributed by atoms with Gasteiger partial charge < -0.3 is 14.8 Å². The number of hydrogen-bond donors (Lipinski definition) is 1. The molecule has 1 aromatic rings. The Balaban J connectivity index is 1.99. The molecular weight excluding hydrogens is 250 g/mol. The molecule has 2 heterocycles. The van der Waals surface area contributed by atoms with Crippen LogP contribution in [-0.4, -0.2) is 19.8 Å². The van der Waals surface area contributed by atoms with Gasteiger partial charge in [-0.25, -0.2) is 0 Å². The van der Waals surface area contributed by atoms with Gasteiger partial charge in [-0.3, -0.25) is 0 Å². The molecule has 2 aliphatic heterocycles. The van der Waals surface area contributed by atoms with Crippen LogP contribution in [0.25, 0.3) is 0 Å². The molecule has 2 aliphatic rings. The maximum atomic E-state index is 5.85. The molecule has 110 valence electrons. The molecule has 20 heavy (non-hydrogen) atoms. The maximum Gasteiger partial charge on any atom is 0.161 e. The number of rotatable bonds is 2. The highest BCUT2D eigenvalue weighted by Crippen LogP contribution is 2.41. The fraction of sp³-hybridized carbons (Fsp3) is 0.647. The molecule has 1 N–H and O–H groups in total. The van der Waals surface area contributed by atoms with Gasteiger partial charge in [-0.15, -0.1) is 0 Å². The molecule has 1 aromatic carbocycles. The Bertz CT molecular complexity index is 484. The summed E-state index contributed by atoms with van der Waals surface area (Å²) in [6, 6.07) is 4.87. The summed E-state index contributed by atoms with van der Waals surface area (Å²) >= 11 is 0. The van der Waals surface area contributed by atoms with Crippen molar-refractivity contribution in [2.75, 3.05) is 19.8 Å². The molecule has 0 fully saturated rings. The highest BCUT2D eigenvalue weighted by atomic mass is 16.5. The first-order valence-corrected chi connectivity index (χ1v) is 7.82. The van der Waals surface area contributed by atoms with Crippen molar-refractivity contribution in [1.82, 2.24) is 5.32 Å². The molecular formula is C17H25NO2. The maximum absolute atomic E-state index is 5.85. The van der Waals surface area contributed by atoms with Gasteiger partial charge in [-0.05, 0) is 41.5 Å². The van der Waals surface area contributed by atoms with E-state index in [0.717, 1.165) is 37.7 Å². The minimum atomic E-state index is 0.443. The van der Waals surface area contributed by atoms with Crippen molar-refractivity contribution in [2.45, 2.75) is 45.6 Å². The molecule has 0 saturated heterocycles. The molecule has 2 unspecified atom stereocenters. The molecule has 2 atom stereocenters. The Morgan fingerprint density at radius 3 is 2.45 bits per heavy atom. The van der Waals surface area contributed by atoms with E-state index in [1.165, 1.54) is 17.5 Å². The summed E-state index contributed by atoms with van der Waals surface area (Å²) in [6.45, 7) is 9.40. The number of nitrogens with one attached hydrogen (secondary N) is 1. The number of ether oxygens (including phenoxy) is 2. The standard InChI is InChI=1S/C17H25NO2/c1-11(2)7-15-14-9-17-16(19-5-4-6-20-17)8-13(14)12(3)10-18-15/h8-9,11-12,15,18H,4-7,10H2,1-3H3. The van der Waals surface area contributed by atoms with E-state index in [-0.39, 0.29) is 0 Å². The third-order valence-electron chi connectivity index (χ3n) is 4.24. The van der Waals surface area contributed by atoms with Crippen LogP contribution in [0.2, 0.25) is 0 Å². The van der Waals surface area contributed by atoms with Crippen LogP contribution in [0.3, 0.4) is 0 Å². The van der Waals surface area contributed by atoms with Crippen LogP contribution in [0.15, 0.2) is 12.1 Å². The van der Waals surface area contributed by atoms with Gasteiger partial charge >= 0.3 is 0 Å². The van der Waals surface area contributed by atoms with Crippen LogP contribution in [0.5, 0.6) is 11.5 Å². The highest BCUT2D eigenvalue weighted by Gasteiger charge is 2.27. The summed E-state index contributed by atoms with van der Waals surface area (Å²) in [5.74, 6) is 3.07. The zero-order chi connectivity index (χ0) is 14.1. The normalized spacial score (nSPS) is 25.2. The number of benzene rings is 1. The van der Waals surface area contributed by atoms with Crippen LogP contribution in [0, 0.1) is 5.92 Å². The Labute approximate surface area is 121 Å². The van der Waals surface area contributed by atoms with Crippen molar-refractivity contribution in [2.24, 2.45) is 5.92 Å². The average molecular weight is 275 g/mol. The third-order valence-corrected chi connectivity index (χ3v) is 4.24. The Morgan fingerprint density at radius 2 is 1.80 bits per heavy atom. The van der Waals surface area contributed by atoms with Gasteiger partial charge in [0.15, 0.2) is 11.5 Å². The van der Waals surface area contributed by atoms with Gasteiger partial charge in [-0.1, -0.05) is 20.8 Å². The van der Waals surface area contributed by atoms with Crippen molar-refractivity contribution < 1.29 is 9.47 Å². The lowest BCUT2D eigenvalue weighted by atomic mass is 9.84. The number of fused-ring (bicyclic) bond motifs is 2. The van der Waals surface area contributed by atoms with Crippen molar-refractivity contribution in [3.63, 3.8) is 0 Å². The first kappa shape index (κ1) is 13.7. The second-order valence-electron chi connectivity index (χ2n) is 6.47. The Kier molecular flexibility index (Phi) is 3.88. The third kappa shape index (κ3) is 2.64. The van der Waals surface area contributed by atoms with E-state index in [0.29, 0.717) is 17.9 Å². The molecule has 0 amide bonds. The molecule has 3 nitrogen and oxygen atoms in total. The van der Waals surface area contributed by atoms with Crippen molar-refractivity contribution >= 4 is 0 Å². The van der Waals surface area contributed by atoms with Gasteiger partial charge in [0.25, 0.3) is 0 Å². The SMILES string of the molecule is CC(C)CC1NCC(C)c2cc3c(cc21)OCCCO3. The van der Waals surface area contributed by atoms with Crippen LogP contribution in [0.4, 0.5) is 0 Å².